The monoisotopic (exact) mass is 364 g/mol. The van der Waals surface area contributed by atoms with Crippen LogP contribution in [0.15, 0.2) is 36.4 Å². The molecular formula is C18H15Cl3N2. The lowest BCUT2D eigenvalue weighted by Crippen LogP contribution is -2.06. The van der Waals surface area contributed by atoms with E-state index in [9.17, 15) is 0 Å². The van der Waals surface area contributed by atoms with Gasteiger partial charge in [-0.3, -0.25) is 0 Å². The van der Waals surface area contributed by atoms with Gasteiger partial charge in [-0.25, -0.2) is 4.98 Å². The van der Waals surface area contributed by atoms with Crippen molar-refractivity contribution in [3.05, 3.63) is 51.5 Å². The van der Waals surface area contributed by atoms with Crippen LogP contribution in [0, 0.1) is 0 Å². The first kappa shape index (κ1) is 15.3. The second kappa shape index (κ2) is 6.01. The highest BCUT2D eigenvalue weighted by molar-refractivity contribution is 6.42. The zero-order valence-corrected chi connectivity index (χ0v) is 14.7. The van der Waals surface area contributed by atoms with E-state index in [0.717, 1.165) is 27.4 Å². The van der Waals surface area contributed by atoms with Crippen LogP contribution in [0.25, 0.3) is 22.4 Å². The highest BCUT2D eigenvalue weighted by Crippen LogP contribution is 2.39. The summed E-state index contributed by atoms with van der Waals surface area (Å²) in [6.07, 6.45) is 4.86. The van der Waals surface area contributed by atoms with Gasteiger partial charge in [0.15, 0.2) is 0 Å². The van der Waals surface area contributed by atoms with E-state index < -0.39 is 0 Å². The van der Waals surface area contributed by atoms with Gasteiger partial charge in [-0.05, 0) is 49.2 Å². The predicted octanol–water partition coefficient (Wildman–Crippen LogP) is 6.78. The molecule has 1 aliphatic rings. The summed E-state index contributed by atoms with van der Waals surface area (Å²) in [4.78, 5) is 4.84. The minimum absolute atomic E-state index is 0.461. The average molecular weight is 366 g/mol. The highest BCUT2D eigenvalue weighted by atomic mass is 35.5. The van der Waals surface area contributed by atoms with Crippen LogP contribution in [0.4, 0.5) is 0 Å². The number of aromatic nitrogens is 2. The van der Waals surface area contributed by atoms with E-state index in [1.54, 1.807) is 0 Å². The summed E-state index contributed by atoms with van der Waals surface area (Å²) in [6, 6.07) is 12.1. The molecule has 1 aromatic heterocycles. The first-order valence-electron chi connectivity index (χ1n) is 7.76. The summed E-state index contributed by atoms with van der Waals surface area (Å²) in [7, 11) is 0. The molecule has 5 heteroatoms. The molecule has 0 spiro atoms. The number of nitrogens with zero attached hydrogens (tertiary/aromatic N) is 2. The molecule has 0 bridgehead atoms. The molecule has 2 nitrogen and oxygen atoms in total. The van der Waals surface area contributed by atoms with E-state index in [1.165, 1.54) is 25.7 Å². The Kier molecular flexibility index (Phi) is 4.00. The smallest absolute Gasteiger partial charge is 0.141 e. The molecule has 0 amide bonds. The van der Waals surface area contributed by atoms with Gasteiger partial charge in [0.05, 0.1) is 21.1 Å². The molecule has 0 atom stereocenters. The maximum absolute atomic E-state index is 6.25. The third-order valence-electron chi connectivity index (χ3n) is 4.52. The Bertz CT molecular complexity index is 862. The average Bonchev–Trinajstić information content (AvgIpc) is 3.16. The molecule has 1 fully saturated rings. The van der Waals surface area contributed by atoms with Crippen LogP contribution in [0.5, 0.6) is 0 Å². The number of imidazole rings is 1. The van der Waals surface area contributed by atoms with Gasteiger partial charge in [-0.15, -0.1) is 0 Å². The van der Waals surface area contributed by atoms with E-state index in [2.05, 4.69) is 4.57 Å². The van der Waals surface area contributed by atoms with Crippen molar-refractivity contribution in [1.82, 2.24) is 9.55 Å². The standard InChI is InChI=1S/C18H15Cl3N2/c19-12-7-5-11(6-8-12)18-22-16-9-14(20)15(21)10-17(16)23(18)13-3-1-2-4-13/h5-10,13H,1-4H2. The number of hydrogen-bond acceptors (Lipinski definition) is 1. The zero-order chi connectivity index (χ0) is 16.0. The highest BCUT2D eigenvalue weighted by Gasteiger charge is 2.24. The third kappa shape index (κ3) is 2.73. The Morgan fingerprint density at radius 2 is 1.57 bits per heavy atom. The molecule has 0 saturated heterocycles. The lowest BCUT2D eigenvalue weighted by Gasteiger charge is -2.16. The van der Waals surface area contributed by atoms with Gasteiger partial charge in [-0.1, -0.05) is 47.6 Å². The minimum atomic E-state index is 0.461. The largest absolute Gasteiger partial charge is 0.321 e. The van der Waals surface area contributed by atoms with Gasteiger partial charge in [-0.2, -0.15) is 0 Å². The molecule has 0 radical (unpaired) electrons. The maximum Gasteiger partial charge on any atom is 0.141 e. The Hall–Kier alpha value is -1.22. The first-order chi connectivity index (χ1) is 11.1. The van der Waals surface area contributed by atoms with Crippen LogP contribution < -0.4 is 0 Å². The van der Waals surface area contributed by atoms with Gasteiger partial charge < -0.3 is 4.57 Å². The molecule has 23 heavy (non-hydrogen) atoms. The SMILES string of the molecule is Clc1ccc(-c2nc3cc(Cl)c(Cl)cc3n2C2CCCC2)cc1. The van der Waals surface area contributed by atoms with Crippen molar-refractivity contribution in [2.24, 2.45) is 0 Å². The Balaban J connectivity index is 1.98. The van der Waals surface area contributed by atoms with Gasteiger partial charge >= 0.3 is 0 Å². The Morgan fingerprint density at radius 3 is 2.26 bits per heavy atom. The summed E-state index contributed by atoms with van der Waals surface area (Å²) < 4.78 is 2.33. The van der Waals surface area contributed by atoms with Crippen LogP contribution in [0.2, 0.25) is 15.1 Å². The minimum Gasteiger partial charge on any atom is -0.321 e. The van der Waals surface area contributed by atoms with Crippen molar-refractivity contribution in [2.75, 3.05) is 0 Å². The Morgan fingerprint density at radius 1 is 0.913 bits per heavy atom. The van der Waals surface area contributed by atoms with E-state index in [4.69, 9.17) is 39.8 Å². The lowest BCUT2D eigenvalue weighted by molar-refractivity contribution is 0.537. The molecule has 2 aromatic carbocycles. The number of benzene rings is 2. The normalized spacial score (nSPS) is 15.6. The molecule has 0 N–H and O–H groups in total. The van der Waals surface area contributed by atoms with Crippen molar-refractivity contribution >= 4 is 45.8 Å². The summed E-state index contributed by atoms with van der Waals surface area (Å²) >= 11 is 18.5. The molecule has 1 heterocycles. The quantitative estimate of drug-likeness (QED) is 0.489. The summed E-state index contributed by atoms with van der Waals surface area (Å²) in [5.41, 5.74) is 3.00. The predicted molar refractivity (Wildman–Crippen MR) is 97.7 cm³/mol. The summed E-state index contributed by atoms with van der Waals surface area (Å²) in [5, 5.41) is 1.84. The first-order valence-corrected chi connectivity index (χ1v) is 8.90. The molecule has 0 aliphatic heterocycles. The van der Waals surface area contributed by atoms with Crippen molar-refractivity contribution in [2.45, 2.75) is 31.7 Å². The molecule has 3 aromatic rings. The van der Waals surface area contributed by atoms with E-state index in [1.807, 2.05) is 36.4 Å². The van der Waals surface area contributed by atoms with Crippen LogP contribution in [0.3, 0.4) is 0 Å². The van der Waals surface area contributed by atoms with Gasteiger partial charge in [0.1, 0.15) is 5.82 Å². The molecule has 118 valence electrons. The van der Waals surface area contributed by atoms with E-state index in [0.29, 0.717) is 16.1 Å². The second-order valence-corrected chi connectivity index (χ2v) is 7.26. The molecule has 4 rings (SSSR count). The zero-order valence-electron chi connectivity index (χ0n) is 12.4. The molecular weight excluding hydrogens is 351 g/mol. The van der Waals surface area contributed by atoms with Crippen molar-refractivity contribution < 1.29 is 0 Å². The van der Waals surface area contributed by atoms with Crippen molar-refractivity contribution in [1.29, 1.82) is 0 Å². The second-order valence-electron chi connectivity index (χ2n) is 6.01. The summed E-state index contributed by atoms with van der Waals surface area (Å²) in [5.74, 6) is 0.960. The third-order valence-corrected chi connectivity index (χ3v) is 5.50. The molecule has 0 unspecified atom stereocenters. The van der Waals surface area contributed by atoms with Crippen molar-refractivity contribution in [3.8, 4) is 11.4 Å². The number of halogens is 3. The lowest BCUT2D eigenvalue weighted by atomic mass is 10.1. The number of hydrogen-bond donors (Lipinski definition) is 0. The Labute approximate surface area is 150 Å². The van der Waals surface area contributed by atoms with Crippen molar-refractivity contribution in [3.63, 3.8) is 0 Å². The van der Waals surface area contributed by atoms with Gasteiger partial charge in [0.2, 0.25) is 0 Å². The molecule has 1 saturated carbocycles. The fraction of sp³-hybridized carbons (Fsp3) is 0.278. The van der Waals surface area contributed by atoms with Crippen LogP contribution in [-0.4, -0.2) is 9.55 Å². The van der Waals surface area contributed by atoms with Crippen LogP contribution in [-0.2, 0) is 0 Å². The topological polar surface area (TPSA) is 17.8 Å². The summed E-state index contributed by atoms with van der Waals surface area (Å²) in [6.45, 7) is 0. The van der Waals surface area contributed by atoms with Gasteiger partial charge in [0, 0.05) is 16.6 Å². The van der Waals surface area contributed by atoms with Crippen LogP contribution in [0.1, 0.15) is 31.7 Å². The fourth-order valence-electron chi connectivity index (χ4n) is 3.43. The fourth-order valence-corrected chi connectivity index (χ4v) is 3.87. The van der Waals surface area contributed by atoms with Crippen LogP contribution >= 0.6 is 34.8 Å². The number of fused-ring (bicyclic) bond motifs is 1. The molecule has 1 aliphatic carbocycles. The number of rotatable bonds is 2. The van der Waals surface area contributed by atoms with E-state index >= 15 is 0 Å². The van der Waals surface area contributed by atoms with Gasteiger partial charge in [0.25, 0.3) is 0 Å². The van der Waals surface area contributed by atoms with E-state index in [-0.39, 0.29) is 0 Å². The maximum atomic E-state index is 6.25.